The van der Waals surface area contributed by atoms with Gasteiger partial charge in [-0.3, -0.25) is 9.71 Å². The van der Waals surface area contributed by atoms with Crippen molar-refractivity contribution in [2.75, 3.05) is 11.0 Å². The number of aromatic nitrogens is 2. The van der Waals surface area contributed by atoms with E-state index in [1.807, 2.05) is 38.1 Å². The van der Waals surface area contributed by atoms with E-state index in [-0.39, 0.29) is 11.2 Å². The second-order valence-corrected chi connectivity index (χ2v) is 12.2. The number of nitrogens with zero attached hydrogens (tertiary/aromatic N) is 2. The molecule has 2 heterocycles. The van der Waals surface area contributed by atoms with Gasteiger partial charge < -0.3 is 9.84 Å². The zero-order valence-corrected chi connectivity index (χ0v) is 23.1. The van der Waals surface area contributed by atoms with Gasteiger partial charge in [-0.1, -0.05) is 29.8 Å². The fraction of sp³-hybridized carbons (Fsp3) is 0.321. The monoisotopic (exact) mass is 539 g/mol. The molecule has 4 aromatic rings. The zero-order valence-electron chi connectivity index (χ0n) is 22.3. The van der Waals surface area contributed by atoms with Crippen LogP contribution >= 0.6 is 0 Å². The van der Waals surface area contributed by atoms with Gasteiger partial charge in [-0.2, -0.15) is 0 Å². The number of aliphatic carboxylic acids is 1. The van der Waals surface area contributed by atoms with E-state index in [0.29, 0.717) is 38.7 Å². The number of anilines is 1. The van der Waals surface area contributed by atoms with E-state index in [9.17, 15) is 22.7 Å². The van der Waals surface area contributed by atoms with Crippen molar-refractivity contribution in [2.45, 2.75) is 53.2 Å². The minimum atomic E-state index is -3.77. The van der Waals surface area contributed by atoms with Crippen LogP contribution in [0.1, 0.15) is 49.1 Å². The SMILES string of the molecule is Cc1ccc(-c2c([C@H](OC(C)(C)C)C(=O)O)c(C)c3nc(NS(C)(=O)=O)c4cc(F)cnc4c3c2C)cc1. The third-order valence-electron chi connectivity index (χ3n) is 6.17. The molecule has 0 amide bonds. The van der Waals surface area contributed by atoms with Crippen LogP contribution in [0.3, 0.4) is 0 Å². The number of sulfonamides is 1. The summed E-state index contributed by atoms with van der Waals surface area (Å²) in [4.78, 5) is 21.5. The summed E-state index contributed by atoms with van der Waals surface area (Å²) < 4.78 is 47.0. The quantitative estimate of drug-likeness (QED) is 0.296. The normalized spacial score (nSPS) is 13.2. The first-order valence-corrected chi connectivity index (χ1v) is 13.8. The minimum Gasteiger partial charge on any atom is -0.479 e. The predicted molar refractivity (Wildman–Crippen MR) is 146 cm³/mol. The number of benzene rings is 2. The fourth-order valence-corrected chi connectivity index (χ4v) is 5.19. The molecule has 0 spiro atoms. The molecule has 0 aliphatic rings. The van der Waals surface area contributed by atoms with Gasteiger partial charge >= 0.3 is 5.97 Å². The van der Waals surface area contributed by atoms with Gasteiger partial charge in [0.2, 0.25) is 10.0 Å². The maximum Gasteiger partial charge on any atom is 0.337 e. The maximum atomic E-state index is 14.3. The number of hydrogen-bond donors (Lipinski definition) is 2. The summed E-state index contributed by atoms with van der Waals surface area (Å²) in [5.41, 5.74) is 3.89. The molecule has 10 heteroatoms. The summed E-state index contributed by atoms with van der Waals surface area (Å²) in [5.74, 6) is -1.92. The van der Waals surface area contributed by atoms with Gasteiger partial charge in [0.05, 0.1) is 29.1 Å². The number of hydrogen-bond acceptors (Lipinski definition) is 6. The van der Waals surface area contributed by atoms with E-state index in [1.165, 1.54) is 6.07 Å². The van der Waals surface area contributed by atoms with Gasteiger partial charge in [-0.05, 0) is 69.9 Å². The van der Waals surface area contributed by atoms with E-state index in [4.69, 9.17) is 4.74 Å². The Hall–Kier alpha value is -3.63. The molecule has 0 fully saturated rings. The lowest BCUT2D eigenvalue weighted by Crippen LogP contribution is -2.28. The van der Waals surface area contributed by atoms with Crippen molar-refractivity contribution < 1.29 is 27.4 Å². The lowest BCUT2D eigenvalue weighted by atomic mass is 9.85. The summed E-state index contributed by atoms with van der Waals surface area (Å²) in [6, 6.07) is 8.86. The number of aryl methyl sites for hydroxylation is 3. The van der Waals surface area contributed by atoms with Crippen molar-refractivity contribution in [3.63, 3.8) is 0 Å². The molecule has 0 aliphatic heterocycles. The highest BCUT2D eigenvalue weighted by Crippen LogP contribution is 2.44. The van der Waals surface area contributed by atoms with Crippen LogP contribution in [0.5, 0.6) is 0 Å². The largest absolute Gasteiger partial charge is 0.479 e. The molecule has 8 nitrogen and oxygen atoms in total. The highest BCUT2D eigenvalue weighted by atomic mass is 32.2. The molecule has 1 atom stereocenters. The molecule has 38 heavy (non-hydrogen) atoms. The number of fused-ring (bicyclic) bond motifs is 3. The van der Waals surface area contributed by atoms with Crippen LogP contribution in [0.4, 0.5) is 10.2 Å². The van der Waals surface area contributed by atoms with Crippen LogP contribution in [-0.4, -0.2) is 41.3 Å². The highest BCUT2D eigenvalue weighted by Gasteiger charge is 2.33. The van der Waals surface area contributed by atoms with Gasteiger partial charge in [0, 0.05) is 16.3 Å². The Balaban J connectivity index is 2.24. The average Bonchev–Trinajstić information content (AvgIpc) is 2.79. The maximum absolute atomic E-state index is 14.3. The standard InChI is InChI=1S/C28H30FN3O5S/c1-14-8-10-17(11-9-14)20-15(2)22-23(16(3)21(20)25(27(33)34)37-28(4,5)6)31-26(32-38(7,35)36)19-12-18(29)13-30-24(19)22/h8-13,25H,1-7H3,(H,31,32)(H,33,34)/t25-/m0/s1. The van der Waals surface area contributed by atoms with E-state index in [2.05, 4.69) is 14.7 Å². The lowest BCUT2D eigenvalue weighted by molar-refractivity contribution is -0.160. The number of halogens is 1. The zero-order chi connectivity index (χ0) is 28.2. The Kier molecular flexibility index (Phi) is 6.92. The van der Waals surface area contributed by atoms with Crippen LogP contribution < -0.4 is 4.72 Å². The first-order chi connectivity index (χ1) is 17.6. The Morgan fingerprint density at radius 3 is 2.26 bits per heavy atom. The summed E-state index contributed by atoms with van der Waals surface area (Å²) >= 11 is 0. The van der Waals surface area contributed by atoms with Gasteiger partial charge in [-0.25, -0.2) is 22.6 Å². The third kappa shape index (κ3) is 5.32. The van der Waals surface area contributed by atoms with Crippen LogP contribution in [-0.2, 0) is 19.6 Å². The first kappa shape index (κ1) is 27.4. The van der Waals surface area contributed by atoms with Crippen LogP contribution in [0, 0.1) is 26.6 Å². The number of rotatable bonds is 6. The molecular formula is C28H30FN3O5S. The van der Waals surface area contributed by atoms with Crippen LogP contribution in [0.15, 0.2) is 36.5 Å². The topological polar surface area (TPSA) is 118 Å². The van der Waals surface area contributed by atoms with E-state index >= 15 is 0 Å². The molecular weight excluding hydrogens is 509 g/mol. The van der Waals surface area contributed by atoms with Crippen LogP contribution in [0.25, 0.3) is 32.9 Å². The summed E-state index contributed by atoms with van der Waals surface area (Å²) in [7, 11) is -3.77. The Morgan fingerprint density at radius 2 is 1.71 bits per heavy atom. The van der Waals surface area contributed by atoms with Crippen molar-refractivity contribution in [2.24, 2.45) is 0 Å². The Bertz CT molecular complexity index is 1690. The van der Waals surface area contributed by atoms with Crippen molar-refractivity contribution in [3.05, 3.63) is 64.6 Å². The van der Waals surface area contributed by atoms with E-state index < -0.39 is 33.5 Å². The second kappa shape index (κ2) is 9.59. The molecule has 0 bridgehead atoms. The number of carboxylic acids is 1. The molecule has 0 saturated heterocycles. The molecule has 0 radical (unpaired) electrons. The molecule has 2 N–H and O–H groups in total. The number of ether oxygens (including phenoxy) is 1. The predicted octanol–water partition coefficient (Wildman–Crippen LogP) is 5.83. The molecule has 0 aliphatic carbocycles. The van der Waals surface area contributed by atoms with E-state index in [1.54, 1.807) is 27.7 Å². The van der Waals surface area contributed by atoms with Crippen LogP contribution in [0.2, 0.25) is 0 Å². The number of carbonyl (C=O) groups is 1. The summed E-state index contributed by atoms with van der Waals surface area (Å²) in [5, 5.41) is 11.1. The van der Waals surface area contributed by atoms with Gasteiger partial charge in [0.25, 0.3) is 0 Å². The van der Waals surface area contributed by atoms with Crippen molar-refractivity contribution in [3.8, 4) is 11.1 Å². The van der Waals surface area contributed by atoms with Gasteiger partial charge in [0.15, 0.2) is 6.10 Å². The third-order valence-corrected chi connectivity index (χ3v) is 6.73. The number of nitrogens with one attached hydrogen (secondary N) is 1. The Labute approximate surface area is 220 Å². The van der Waals surface area contributed by atoms with Gasteiger partial charge in [0.1, 0.15) is 11.6 Å². The van der Waals surface area contributed by atoms with Crippen molar-refractivity contribution in [1.29, 1.82) is 0 Å². The second-order valence-electron chi connectivity index (χ2n) is 10.5. The fourth-order valence-electron chi connectivity index (χ4n) is 4.69. The highest BCUT2D eigenvalue weighted by molar-refractivity contribution is 7.92. The lowest BCUT2D eigenvalue weighted by Gasteiger charge is -2.29. The van der Waals surface area contributed by atoms with Crippen molar-refractivity contribution in [1.82, 2.24) is 9.97 Å². The van der Waals surface area contributed by atoms with E-state index in [0.717, 1.165) is 23.6 Å². The molecule has 0 saturated carbocycles. The smallest absolute Gasteiger partial charge is 0.337 e. The molecule has 4 rings (SSSR count). The molecule has 2 aromatic heterocycles. The number of pyridine rings is 2. The molecule has 200 valence electrons. The summed E-state index contributed by atoms with van der Waals surface area (Å²) in [6.07, 6.45) is 0.682. The molecule has 0 unspecified atom stereocenters. The van der Waals surface area contributed by atoms with Gasteiger partial charge in [-0.15, -0.1) is 0 Å². The minimum absolute atomic E-state index is 0.0952. The average molecular weight is 540 g/mol. The summed E-state index contributed by atoms with van der Waals surface area (Å²) in [6.45, 7) is 10.8. The Morgan fingerprint density at radius 1 is 1.08 bits per heavy atom. The molecule has 2 aromatic carbocycles. The first-order valence-electron chi connectivity index (χ1n) is 11.9. The number of carboxylic acid groups (broad SMARTS) is 1. The van der Waals surface area contributed by atoms with Crippen molar-refractivity contribution >= 4 is 43.6 Å².